The minimum absolute atomic E-state index is 0.574. The van der Waals surface area contributed by atoms with Gasteiger partial charge in [-0.05, 0) is 28.8 Å². The smallest absolute Gasteiger partial charge is 0.144 e. The Kier molecular flexibility index (Phi) is 3.13. The average molecular weight is 250 g/mol. The first-order chi connectivity index (χ1) is 9.36. The largest absolute Gasteiger partial charge is 0.365 e. The number of fused-ring (bicyclic) bond motifs is 1. The maximum atomic E-state index is 9.00. The highest BCUT2D eigenvalue weighted by Gasteiger charge is 2.10. The third kappa shape index (κ3) is 2.42. The molecule has 94 valence electrons. The van der Waals surface area contributed by atoms with Crippen LogP contribution in [-0.2, 0) is 19.6 Å². The molecule has 1 aliphatic heterocycles. The molecule has 0 bridgehead atoms. The van der Waals surface area contributed by atoms with Gasteiger partial charge in [-0.3, -0.25) is 0 Å². The van der Waals surface area contributed by atoms with Gasteiger partial charge in [-0.1, -0.05) is 18.2 Å². The van der Waals surface area contributed by atoms with Crippen molar-refractivity contribution in [2.45, 2.75) is 19.6 Å². The van der Waals surface area contributed by atoms with Crippen LogP contribution in [0.3, 0.4) is 0 Å². The summed E-state index contributed by atoms with van der Waals surface area (Å²) in [6.07, 6.45) is 1.69. The molecule has 1 aliphatic rings. The van der Waals surface area contributed by atoms with E-state index in [-0.39, 0.29) is 0 Å². The molecular formula is C15H14N4. The highest BCUT2D eigenvalue weighted by atomic mass is 15.0. The van der Waals surface area contributed by atoms with Crippen molar-refractivity contribution in [1.29, 1.82) is 5.26 Å². The molecule has 1 aromatic carbocycles. The van der Waals surface area contributed by atoms with E-state index in [2.05, 4.69) is 39.9 Å². The topological polar surface area (TPSA) is 60.7 Å². The molecule has 4 nitrogen and oxygen atoms in total. The first kappa shape index (κ1) is 11.7. The van der Waals surface area contributed by atoms with Crippen LogP contribution in [0, 0.1) is 11.3 Å². The van der Waals surface area contributed by atoms with E-state index in [9.17, 15) is 0 Å². The summed E-state index contributed by atoms with van der Waals surface area (Å²) in [6.45, 7) is 2.58. The lowest BCUT2D eigenvalue weighted by Crippen LogP contribution is -2.03. The maximum Gasteiger partial charge on any atom is 0.144 e. The van der Waals surface area contributed by atoms with Crippen LogP contribution in [0.25, 0.3) is 0 Å². The van der Waals surface area contributed by atoms with Crippen LogP contribution in [-0.4, -0.2) is 4.98 Å². The summed E-state index contributed by atoms with van der Waals surface area (Å²) in [5.41, 5.74) is 4.52. The lowest BCUT2D eigenvalue weighted by Gasteiger charge is -2.08. The van der Waals surface area contributed by atoms with Crippen molar-refractivity contribution in [2.24, 2.45) is 0 Å². The summed E-state index contributed by atoms with van der Waals surface area (Å²) in [4.78, 5) is 4.19. The molecule has 2 heterocycles. The number of hydrogen-bond acceptors (Lipinski definition) is 4. The van der Waals surface area contributed by atoms with Crippen LogP contribution < -0.4 is 10.6 Å². The van der Waals surface area contributed by atoms with Crippen LogP contribution in [0.15, 0.2) is 36.5 Å². The number of benzene rings is 1. The monoisotopic (exact) mass is 250 g/mol. The molecule has 19 heavy (non-hydrogen) atoms. The van der Waals surface area contributed by atoms with Crippen LogP contribution in [0.2, 0.25) is 0 Å². The first-order valence-corrected chi connectivity index (χ1v) is 6.27. The number of pyridine rings is 1. The van der Waals surface area contributed by atoms with Crippen molar-refractivity contribution >= 4 is 5.82 Å². The van der Waals surface area contributed by atoms with Crippen LogP contribution >= 0.6 is 0 Å². The molecule has 0 aliphatic carbocycles. The Morgan fingerprint density at radius 2 is 2.16 bits per heavy atom. The summed E-state index contributed by atoms with van der Waals surface area (Å²) in [6, 6.07) is 12.2. The zero-order valence-corrected chi connectivity index (χ0v) is 10.5. The molecule has 0 spiro atoms. The quantitative estimate of drug-likeness (QED) is 0.876. The Bertz CT molecular complexity index is 643. The Hall–Kier alpha value is -2.38. The normalized spacial score (nSPS) is 12.8. The molecule has 0 radical (unpaired) electrons. The van der Waals surface area contributed by atoms with Crippen molar-refractivity contribution in [2.75, 3.05) is 5.32 Å². The third-order valence-corrected chi connectivity index (χ3v) is 3.29. The van der Waals surface area contributed by atoms with Gasteiger partial charge >= 0.3 is 0 Å². The van der Waals surface area contributed by atoms with Crippen molar-refractivity contribution in [3.05, 3.63) is 58.8 Å². The molecule has 0 saturated carbocycles. The van der Waals surface area contributed by atoms with Gasteiger partial charge in [0.15, 0.2) is 0 Å². The molecule has 0 amide bonds. The number of anilines is 1. The summed E-state index contributed by atoms with van der Waals surface area (Å²) < 4.78 is 0. The van der Waals surface area contributed by atoms with E-state index in [1.54, 1.807) is 18.3 Å². The van der Waals surface area contributed by atoms with Crippen LogP contribution in [0.5, 0.6) is 0 Å². The van der Waals surface area contributed by atoms with Gasteiger partial charge in [-0.25, -0.2) is 4.98 Å². The van der Waals surface area contributed by atoms with E-state index in [0.717, 1.165) is 13.1 Å². The predicted molar refractivity (Wildman–Crippen MR) is 73.3 cm³/mol. The van der Waals surface area contributed by atoms with Gasteiger partial charge in [0.05, 0.1) is 5.56 Å². The molecule has 2 N–H and O–H groups in total. The number of nitrogens with one attached hydrogen (secondary N) is 2. The van der Waals surface area contributed by atoms with Gasteiger partial charge in [-0.2, -0.15) is 5.26 Å². The lowest BCUT2D eigenvalue weighted by atomic mass is 10.1. The number of aromatic nitrogens is 1. The van der Waals surface area contributed by atoms with E-state index in [4.69, 9.17) is 5.26 Å². The van der Waals surface area contributed by atoms with E-state index in [0.29, 0.717) is 17.9 Å². The van der Waals surface area contributed by atoms with Gasteiger partial charge in [0.25, 0.3) is 0 Å². The van der Waals surface area contributed by atoms with E-state index in [1.807, 2.05) is 0 Å². The number of nitriles is 1. The molecule has 0 unspecified atom stereocenters. The Balaban J connectivity index is 1.74. The first-order valence-electron chi connectivity index (χ1n) is 6.27. The third-order valence-electron chi connectivity index (χ3n) is 3.29. The van der Waals surface area contributed by atoms with Crippen LogP contribution in [0.4, 0.5) is 5.82 Å². The summed E-state index contributed by atoms with van der Waals surface area (Å²) >= 11 is 0. The minimum atomic E-state index is 0.574. The fourth-order valence-electron chi connectivity index (χ4n) is 2.28. The minimum Gasteiger partial charge on any atom is -0.365 e. The van der Waals surface area contributed by atoms with Crippen LogP contribution in [0.1, 0.15) is 22.3 Å². The summed E-state index contributed by atoms with van der Waals surface area (Å²) in [7, 11) is 0. The molecule has 0 atom stereocenters. The molecule has 0 fully saturated rings. The number of nitrogens with zero attached hydrogens (tertiary/aromatic N) is 2. The fourth-order valence-corrected chi connectivity index (χ4v) is 2.28. The number of hydrogen-bond donors (Lipinski definition) is 2. The Labute approximate surface area is 112 Å². The zero-order chi connectivity index (χ0) is 13.1. The lowest BCUT2D eigenvalue weighted by molar-refractivity contribution is 0.764. The van der Waals surface area contributed by atoms with Gasteiger partial charge in [-0.15, -0.1) is 0 Å². The van der Waals surface area contributed by atoms with Crippen molar-refractivity contribution < 1.29 is 0 Å². The second-order valence-electron chi connectivity index (χ2n) is 4.57. The van der Waals surface area contributed by atoms with Gasteiger partial charge in [0, 0.05) is 25.8 Å². The molecule has 1 aromatic heterocycles. The van der Waals surface area contributed by atoms with E-state index >= 15 is 0 Å². The van der Waals surface area contributed by atoms with Gasteiger partial charge < -0.3 is 10.6 Å². The van der Waals surface area contributed by atoms with E-state index < -0.39 is 0 Å². The van der Waals surface area contributed by atoms with Crippen molar-refractivity contribution in [3.8, 4) is 6.07 Å². The molecular weight excluding hydrogens is 236 g/mol. The van der Waals surface area contributed by atoms with E-state index in [1.165, 1.54) is 16.7 Å². The summed E-state index contributed by atoms with van der Waals surface area (Å²) in [5.74, 6) is 0.642. The second kappa shape index (κ2) is 5.09. The Morgan fingerprint density at radius 3 is 3.05 bits per heavy atom. The Morgan fingerprint density at radius 1 is 1.26 bits per heavy atom. The molecule has 2 aromatic rings. The molecule has 3 rings (SSSR count). The molecule has 4 heteroatoms. The van der Waals surface area contributed by atoms with Crippen molar-refractivity contribution in [1.82, 2.24) is 10.3 Å². The fraction of sp³-hybridized carbons (Fsp3) is 0.200. The maximum absolute atomic E-state index is 9.00. The average Bonchev–Trinajstić information content (AvgIpc) is 2.93. The van der Waals surface area contributed by atoms with Crippen molar-refractivity contribution in [3.63, 3.8) is 0 Å². The highest BCUT2D eigenvalue weighted by Crippen LogP contribution is 2.18. The zero-order valence-electron chi connectivity index (χ0n) is 10.5. The summed E-state index contributed by atoms with van der Waals surface area (Å²) in [5, 5.41) is 15.6. The molecule has 0 saturated heterocycles. The predicted octanol–water partition coefficient (Wildman–Crippen LogP) is 2.17. The van der Waals surface area contributed by atoms with Gasteiger partial charge in [0.1, 0.15) is 11.9 Å². The standard InChI is InChI=1S/C15H14N4/c16-7-12-2-1-5-18-15(12)19-8-11-3-4-13-9-17-10-14(13)6-11/h1-6,17H,8-10H2,(H,18,19). The highest BCUT2D eigenvalue weighted by molar-refractivity contribution is 5.51. The SMILES string of the molecule is N#Cc1cccnc1NCc1ccc2c(c1)CNC2. The van der Waals surface area contributed by atoms with Gasteiger partial charge in [0.2, 0.25) is 0 Å². The second-order valence-corrected chi connectivity index (χ2v) is 4.57. The number of rotatable bonds is 3.